The lowest BCUT2D eigenvalue weighted by Crippen LogP contribution is -2.30. The van der Waals surface area contributed by atoms with Crippen LogP contribution in [0.4, 0.5) is 9.52 Å². The molecule has 27 heavy (non-hydrogen) atoms. The molecule has 2 aromatic heterocycles. The molecule has 0 aliphatic rings. The third kappa shape index (κ3) is 3.56. The number of amides is 1. The number of para-hydroxylation sites is 1. The zero-order valence-corrected chi connectivity index (χ0v) is 16.0. The predicted molar refractivity (Wildman–Crippen MR) is 105 cm³/mol. The summed E-state index contributed by atoms with van der Waals surface area (Å²) in [6, 6.07) is 12.8. The first-order valence-electron chi connectivity index (χ1n) is 7.87. The zero-order valence-electron chi connectivity index (χ0n) is 13.7. The topological polar surface area (TPSA) is 46.3 Å². The average Bonchev–Trinajstić information content (AvgIpc) is 3.29. The number of fused-ring (bicyclic) bond motifs is 1. The van der Waals surface area contributed by atoms with Crippen LogP contribution >= 0.6 is 34.5 Å². The molecule has 2 aromatic carbocycles. The number of halogens is 3. The van der Waals surface area contributed by atoms with Gasteiger partial charge in [-0.05, 0) is 42.5 Å². The summed E-state index contributed by atoms with van der Waals surface area (Å²) in [4.78, 5) is 18.9. The molecule has 0 spiro atoms. The van der Waals surface area contributed by atoms with Gasteiger partial charge in [0.25, 0.3) is 5.91 Å². The molecule has 2 heterocycles. The van der Waals surface area contributed by atoms with Crippen molar-refractivity contribution < 1.29 is 13.6 Å². The van der Waals surface area contributed by atoms with Gasteiger partial charge in [0.05, 0.1) is 28.1 Å². The van der Waals surface area contributed by atoms with Crippen LogP contribution < -0.4 is 4.90 Å². The van der Waals surface area contributed by atoms with Crippen LogP contribution in [0.1, 0.15) is 16.1 Å². The standard InChI is InChI=1S/C19H11Cl2FN2O2S/c20-11-6-7-13(14(21)9-11)18(25)24(10-12-3-2-8-26-12)19-23-17-15(22)4-1-5-16(17)27-19/h1-9H,10H2. The van der Waals surface area contributed by atoms with Crippen LogP contribution in [-0.4, -0.2) is 10.9 Å². The summed E-state index contributed by atoms with van der Waals surface area (Å²) in [5.74, 6) is -0.259. The number of hydrogen-bond donors (Lipinski definition) is 0. The highest BCUT2D eigenvalue weighted by molar-refractivity contribution is 7.22. The number of benzene rings is 2. The molecule has 1 amide bonds. The summed E-state index contributed by atoms with van der Waals surface area (Å²) >= 11 is 13.4. The Morgan fingerprint density at radius 1 is 1.19 bits per heavy atom. The predicted octanol–water partition coefficient (Wildman–Crippen LogP) is 6.18. The van der Waals surface area contributed by atoms with Crippen LogP contribution in [0.25, 0.3) is 10.2 Å². The van der Waals surface area contributed by atoms with Gasteiger partial charge in [-0.2, -0.15) is 0 Å². The minimum absolute atomic E-state index is 0.131. The van der Waals surface area contributed by atoms with E-state index in [-0.39, 0.29) is 28.6 Å². The van der Waals surface area contributed by atoms with E-state index >= 15 is 0 Å². The van der Waals surface area contributed by atoms with Crippen LogP contribution in [-0.2, 0) is 6.54 Å². The van der Waals surface area contributed by atoms with Crippen molar-refractivity contribution in [1.29, 1.82) is 0 Å². The van der Waals surface area contributed by atoms with Gasteiger partial charge in [-0.3, -0.25) is 9.69 Å². The molecule has 0 atom stereocenters. The van der Waals surface area contributed by atoms with Crippen LogP contribution in [0.5, 0.6) is 0 Å². The summed E-state index contributed by atoms with van der Waals surface area (Å²) in [6.45, 7) is 0.131. The van der Waals surface area contributed by atoms with Gasteiger partial charge in [-0.15, -0.1) is 0 Å². The van der Waals surface area contributed by atoms with E-state index in [0.717, 1.165) is 0 Å². The van der Waals surface area contributed by atoms with Crippen LogP contribution in [0.2, 0.25) is 10.0 Å². The lowest BCUT2D eigenvalue weighted by Gasteiger charge is -2.19. The van der Waals surface area contributed by atoms with Crippen LogP contribution in [0.3, 0.4) is 0 Å². The van der Waals surface area contributed by atoms with Crippen molar-refractivity contribution in [1.82, 2.24) is 4.98 Å². The van der Waals surface area contributed by atoms with E-state index in [2.05, 4.69) is 4.98 Å². The second kappa shape index (κ2) is 7.31. The van der Waals surface area contributed by atoms with Crippen LogP contribution in [0.15, 0.2) is 59.2 Å². The smallest absolute Gasteiger partial charge is 0.262 e. The van der Waals surface area contributed by atoms with Crippen molar-refractivity contribution in [2.24, 2.45) is 0 Å². The summed E-state index contributed by atoms with van der Waals surface area (Å²) in [7, 11) is 0. The Bertz CT molecular complexity index is 1130. The molecule has 0 saturated carbocycles. The molecule has 4 nitrogen and oxygen atoms in total. The summed E-state index contributed by atoms with van der Waals surface area (Å²) in [5.41, 5.74) is 0.490. The molecule has 0 N–H and O–H groups in total. The molecule has 8 heteroatoms. The number of aromatic nitrogens is 1. The molecule has 0 aliphatic carbocycles. The van der Waals surface area contributed by atoms with Gasteiger partial charge in [0.15, 0.2) is 5.13 Å². The fourth-order valence-electron chi connectivity index (χ4n) is 2.61. The Morgan fingerprint density at radius 3 is 2.74 bits per heavy atom. The van der Waals surface area contributed by atoms with E-state index in [1.165, 1.54) is 34.6 Å². The van der Waals surface area contributed by atoms with E-state index in [1.807, 2.05) is 0 Å². The molecule has 4 aromatic rings. The number of hydrogen-bond acceptors (Lipinski definition) is 4. The minimum Gasteiger partial charge on any atom is -0.467 e. The first kappa shape index (κ1) is 18.0. The zero-order chi connectivity index (χ0) is 19.0. The normalized spacial score (nSPS) is 11.1. The second-order valence-corrected chi connectivity index (χ2v) is 7.53. The SMILES string of the molecule is O=C(c1ccc(Cl)cc1Cl)N(Cc1ccco1)c1nc2c(F)cccc2s1. The first-order valence-corrected chi connectivity index (χ1v) is 9.44. The number of anilines is 1. The highest BCUT2D eigenvalue weighted by Crippen LogP contribution is 2.33. The minimum atomic E-state index is -0.440. The molecule has 0 unspecified atom stereocenters. The molecule has 0 radical (unpaired) electrons. The van der Waals surface area contributed by atoms with Gasteiger partial charge >= 0.3 is 0 Å². The molecule has 0 fully saturated rings. The number of nitrogens with zero attached hydrogens (tertiary/aromatic N) is 2. The van der Waals surface area contributed by atoms with Crippen molar-refractivity contribution in [3.05, 3.63) is 82.0 Å². The highest BCUT2D eigenvalue weighted by Gasteiger charge is 2.25. The number of rotatable bonds is 4. The van der Waals surface area contributed by atoms with Gasteiger partial charge in [0.1, 0.15) is 17.1 Å². The monoisotopic (exact) mass is 420 g/mol. The van der Waals surface area contributed by atoms with Crippen molar-refractivity contribution in [2.45, 2.75) is 6.54 Å². The number of carbonyl (C=O) groups is 1. The Labute approximate surface area is 167 Å². The first-order chi connectivity index (χ1) is 13.0. The van der Waals surface area contributed by atoms with Gasteiger partial charge in [0, 0.05) is 5.02 Å². The molecule has 0 aliphatic heterocycles. The maximum atomic E-state index is 14.1. The van der Waals surface area contributed by atoms with Crippen molar-refractivity contribution in [3.63, 3.8) is 0 Å². The Balaban J connectivity index is 1.80. The maximum Gasteiger partial charge on any atom is 0.262 e. The summed E-state index contributed by atoms with van der Waals surface area (Å²) in [6.07, 6.45) is 1.52. The van der Waals surface area contributed by atoms with Gasteiger partial charge in [0.2, 0.25) is 0 Å². The second-order valence-electron chi connectivity index (χ2n) is 5.68. The molecule has 136 valence electrons. The number of carbonyl (C=O) groups excluding carboxylic acids is 1. The van der Waals surface area contributed by atoms with E-state index in [9.17, 15) is 9.18 Å². The molecule has 0 saturated heterocycles. The Hall–Kier alpha value is -2.41. The van der Waals surface area contributed by atoms with Gasteiger partial charge in [-0.1, -0.05) is 40.6 Å². The summed E-state index contributed by atoms with van der Waals surface area (Å²) < 4.78 is 20.1. The van der Waals surface area contributed by atoms with Crippen molar-refractivity contribution in [2.75, 3.05) is 4.90 Å². The molecular weight excluding hydrogens is 410 g/mol. The Morgan fingerprint density at radius 2 is 2.04 bits per heavy atom. The maximum absolute atomic E-state index is 14.1. The van der Waals surface area contributed by atoms with Crippen molar-refractivity contribution in [3.8, 4) is 0 Å². The van der Waals surface area contributed by atoms with Crippen molar-refractivity contribution >= 4 is 55.8 Å². The lowest BCUT2D eigenvalue weighted by molar-refractivity contribution is 0.0983. The summed E-state index contributed by atoms with van der Waals surface area (Å²) in [5, 5.41) is 1.00. The Kier molecular flexibility index (Phi) is 4.86. The molecule has 0 bridgehead atoms. The number of furan rings is 1. The largest absolute Gasteiger partial charge is 0.467 e. The third-order valence-electron chi connectivity index (χ3n) is 3.89. The highest BCUT2D eigenvalue weighted by atomic mass is 35.5. The molecular formula is C19H11Cl2FN2O2S. The van der Waals surface area contributed by atoms with E-state index in [4.69, 9.17) is 27.6 Å². The number of thiazole rings is 1. The van der Waals surface area contributed by atoms with E-state index < -0.39 is 5.82 Å². The fraction of sp³-hybridized carbons (Fsp3) is 0.0526. The van der Waals surface area contributed by atoms with E-state index in [0.29, 0.717) is 20.6 Å². The average molecular weight is 421 g/mol. The molecule has 4 rings (SSSR count). The fourth-order valence-corrected chi connectivity index (χ4v) is 4.08. The van der Waals surface area contributed by atoms with Gasteiger partial charge in [-0.25, -0.2) is 9.37 Å². The third-order valence-corrected chi connectivity index (χ3v) is 5.48. The van der Waals surface area contributed by atoms with Crippen LogP contribution in [0, 0.1) is 5.82 Å². The van der Waals surface area contributed by atoms with E-state index in [1.54, 1.807) is 36.4 Å². The quantitative estimate of drug-likeness (QED) is 0.395. The lowest BCUT2D eigenvalue weighted by atomic mass is 10.2. The van der Waals surface area contributed by atoms with Gasteiger partial charge < -0.3 is 4.42 Å².